The molecule has 1 fully saturated rings. The van der Waals surface area contributed by atoms with Crippen LogP contribution in [0.2, 0.25) is 0 Å². The molecule has 18 heavy (non-hydrogen) atoms. The lowest BCUT2D eigenvalue weighted by atomic mass is 10.1. The second kappa shape index (κ2) is 4.76. The average Bonchev–Trinajstić information content (AvgIpc) is 2.93. The van der Waals surface area contributed by atoms with Crippen LogP contribution in [-0.4, -0.2) is 27.9 Å². The van der Waals surface area contributed by atoms with Gasteiger partial charge in [0.25, 0.3) is 0 Å². The minimum Gasteiger partial charge on any atom is -0.356 e. The smallest absolute Gasteiger partial charge is 0.214 e. The maximum absolute atomic E-state index is 13.1. The van der Waals surface area contributed by atoms with Crippen LogP contribution in [0.15, 0.2) is 36.7 Å². The van der Waals surface area contributed by atoms with Gasteiger partial charge in [-0.1, -0.05) is 6.07 Å². The summed E-state index contributed by atoms with van der Waals surface area (Å²) < 4.78 is 15.1. The molecule has 94 valence electrons. The van der Waals surface area contributed by atoms with Crippen LogP contribution >= 0.6 is 0 Å². The van der Waals surface area contributed by atoms with Gasteiger partial charge in [0, 0.05) is 25.5 Å². The lowest BCUT2D eigenvalue weighted by Gasteiger charge is -2.32. The first-order valence-electron chi connectivity index (χ1n) is 6.19. The highest BCUT2D eigenvalue weighted by atomic mass is 19.1. The van der Waals surface area contributed by atoms with Crippen LogP contribution in [0.4, 0.5) is 10.2 Å². The van der Waals surface area contributed by atoms with Crippen molar-refractivity contribution in [2.24, 2.45) is 0 Å². The molecule has 0 amide bonds. The van der Waals surface area contributed by atoms with Crippen LogP contribution in [0.5, 0.6) is 0 Å². The summed E-state index contributed by atoms with van der Waals surface area (Å²) in [5, 5.41) is 4.27. The van der Waals surface area contributed by atoms with Crippen molar-refractivity contribution >= 4 is 5.82 Å². The predicted octanol–water partition coefficient (Wildman–Crippen LogP) is 2.26. The lowest BCUT2D eigenvalue weighted by molar-refractivity contribution is 0.365. The Labute approximate surface area is 105 Å². The minimum absolute atomic E-state index is 0.415. The Balaban J connectivity index is 1.67. The average molecular weight is 246 g/mol. The van der Waals surface area contributed by atoms with Gasteiger partial charge >= 0.3 is 0 Å². The Hall–Kier alpha value is -1.91. The standard InChI is InChI=1S/C13H15FN4/c14-12-3-1-4-13(16-12)17-9-5-11(6-10-17)18-8-2-7-15-18/h1-4,7-8,11H,5-6,9-10H2. The summed E-state index contributed by atoms with van der Waals surface area (Å²) in [4.78, 5) is 6.05. The number of nitrogens with zero attached hydrogens (tertiary/aromatic N) is 4. The van der Waals surface area contributed by atoms with Crippen LogP contribution < -0.4 is 4.90 Å². The molecular weight excluding hydrogens is 231 g/mol. The fourth-order valence-corrected chi connectivity index (χ4v) is 2.43. The first-order valence-corrected chi connectivity index (χ1v) is 6.19. The van der Waals surface area contributed by atoms with Gasteiger partial charge in [-0.3, -0.25) is 4.68 Å². The van der Waals surface area contributed by atoms with Crippen molar-refractivity contribution in [3.05, 3.63) is 42.6 Å². The first kappa shape index (κ1) is 11.2. The molecule has 0 aromatic carbocycles. The van der Waals surface area contributed by atoms with Gasteiger partial charge in [-0.05, 0) is 31.0 Å². The molecule has 0 atom stereocenters. The van der Waals surface area contributed by atoms with E-state index in [-0.39, 0.29) is 0 Å². The monoisotopic (exact) mass is 246 g/mol. The summed E-state index contributed by atoms with van der Waals surface area (Å²) in [7, 11) is 0. The van der Waals surface area contributed by atoms with Gasteiger partial charge in [0.1, 0.15) is 5.82 Å². The third-order valence-corrected chi connectivity index (χ3v) is 3.39. The molecule has 0 saturated carbocycles. The van der Waals surface area contributed by atoms with E-state index in [0.717, 1.165) is 31.7 Å². The number of aromatic nitrogens is 3. The molecule has 3 rings (SSSR count). The van der Waals surface area contributed by atoms with E-state index in [9.17, 15) is 4.39 Å². The van der Waals surface area contributed by atoms with Crippen LogP contribution in [0.1, 0.15) is 18.9 Å². The molecule has 2 aromatic rings. The highest BCUT2D eigenvalue weighted by Crippen LogP contribution is 2.24. The number of halogens is 1. The minimum atomic E-state index is -0.415. The fourth-order valence-electron chi connectivity index (χ4n) is 2.43. The summed E-state index contributed by atoms with van der Waals surface area (Å²) in [5.74, 6) is 0.315. The zero-order valence-corrected chi connectivity index (χ0v) is 10.0. The molecule has 1 saturated heterocycles. The highest BCUT2D eigenvalue weighted by molar-refractivity contribution is 5.38. The summed E-state index contributed by atoms with van der Waals surface area (Å²) in [6.45, 7) is 1.78. The van der Waals surface area contributed by atoms with Gasteiger partial charge in [0.15, 0.2) is 0 Å². The first-order chi connectivity index (χ1) is 8.83. The second-order valence-corrected chi connectivity index (χ2v) is 4.52. The van der Waals surface area contributed by atoms with E-state index in [1.807, 2.05) is 23.0 Å². The van der Waals surface area contributed by atoms with Crippen LogP contribution in [0.3, 0.4) is 0 Å². The Bertz CT molecular complexity index is 503. The normalized spacial score (nSPS) is 17.1. The third-order valence-electron chi connectivity index (χ3n) is 3.39. The summed E-state index contributed by atoms with van der Waals surface area (Å²) in [6.07, 6.45) is 5.83. The van der Waals surface area contributed by atoms with Crippen molar-refractivity contribution in [2.45, 2.75) is 18.9 Å². The van der Waals surface area contributed by atoms with Gasteiger partial charge in [0.05, 0.1) is 6.04 Å². The highest BCUT2D eigenvalue weighted by Gasteiger charge is 2.21. The van der Waals surface area contributed by atoms with Gasteiger partial charge in [-0.15, -0.1) is 0 Å². The van der Waals surface area contributed by atoms with Crippen molar-refractivity contribution in [1.82, 2.24) is 14.8 Å². The van der Waals surface area contributed by atoms with Crippen molar-refractivity contribution in [2.75, 3.05) is 18.0 Å². The molecule has 0 radical (unpaired) electrons. The number of piperidine rings is 1. The Morgan fingerprint density at radius 1 is 1.17 bits per heavy atom. The van der Waals surface area contributed by atoms with Crippen LogP contribution in [0, 0.1) is 5.95 Å². The second-order valence-electron chi connectivity index (χ2n) is 4.52. The van der Waals surface area contributed by atoms with E-state index < -0.39 is 5.95 Å². The molecule has 4 nitrogen and oxygen atoms in total. The van der Waals surface area contributed by atoms with Gasteiger partial charge in [-0.25, -0.2) is 4.98 Å². The molecule has 0 unspecified atom stereocenters. The van der Waals surface area contributed by atoms with Gasteiger partial charge < -0.3 is 4.90 Å². The quantitative estimate of drug-likeness (QED) is 0.762. The largest absolute Gasteiger partial charge is 0.356 e. The van der Waals surface area contributed by atoms with Gasteiger partial charge in [0.2, 0.25) is 5.95 Å². The number of anilines is 1. The maximum atomic E-state index is 13.1. The van der Waals surface area contributed by atoms with Crippen LogP contribution in [-0.2, 0) is 0 Å². The summed E-state index contributed by atoms with van der Waals surface area (Å²) in [5.41, 5.74) is 0. The third kappa shape index (κ3) is 2.20. The molecular formula is C13H15FN4. The molecule has 0 N–H and O–H groups in total. The van der Waals surface area contributed by atoms with Crippen LogP contribution in [0.25, 0.3) is 0 Å². The Kier molecular flexibility index (Phi) is 2.96. The van der Waals surface area contributed by atoms with E-state index in [1.54, 1.807) is 12.3 Å². The zero-order valence-electron chi connectivity index (χ0n) is 10.0. The van der Waals surface area contributed by atoms with E-state index in [1.165, 1.54) is 6.07 Å². The number of rotatable bonds is 2. The maximum Gasteiger partial charge on any atom is 0.214 e. The van der Waals surface area contributed by atoms with Crippen molar-refractivity contribution in [3.63, 3.8) is 0 Å². The lowest BCUT2D eigenvalue weighted by Crippen LogP contribution is -2.35. The molecule has 0 bridgehead atoms. The molecule has 1 aliphatic rings. The SMILES string of the molecule is Fc1cccc(N2CCC(n3cccn3)CC2)n1. The molecule has 0 aliphatic carbocycles. The van der Waals surface area contributed by atoms with Crippen molar-refractivity contribution in [3.8, 4) is 0 Å². The van der Waals surface area contributed by atoms with Gasteiger partial charge in [-0.2, -0.15) is 9.49 Å². The Morgan fingerprint density at radius 2 is 2.00 bits per heavy atom. The topological polar surface area (TPSA) is 34.0 Å². The Morgan fingerprint density at radius 3 is 2.67 bits per heavy atom. The van der Waals surface area contributed by atoms with Crippen molar-refractivity contribution in [1.29, 1.82) is 0 Å². The molecule has 2 aromatic heterocycles. The predicted molar refractivity (Wildman–Crippen MR) is 66.9 cm³/mol. The molecule has 3 heterocycles. The van der Waals surface area contributed by atoms with E-state index in [2.05, 4.69) is 15.0 Å². The number of hydrogen-bond donors (Lipinski definition) is 0. The van der Waals surface area contributed by atoms with E-state index >= 15 is 0 Å². The van der Waals surface area contributed by atoms with Crippen molar-refractivity contribution < 1.29 is 4.39 Å². The van der Waals surface area contributed by atoms with E-state index in [0.29, 0.717) is 6.04 Å². The summed E-state index contributed by atoms with van der Waals surface area (Å²) in [6, 6.07) is 7.33. The fraction of sp³-hybridized carbons (Fsp3) is 0.385. The number of pyridine rings is 1. The molecule has 5 heteroatoms. The number of hydrogen-bond acceptors (Lipinski definition) is 3. The summed E-state index contributed by atoms with van der Waals surface area (Å²) >= 11 is 0. The molecule has 0 spiro atoms. The zero-order chi connectivity index (χ0) is 12.4. The van der Waals surface area contributed by atoms with E-state index in [4.69, 9.17) is 0 Å². The molecule has 1 aliphatic heterocycles.